The van der Waals surface area contributed by atoms with Crippen LogP contribution in [0.2, 0.25) is 0 Å². The number of benzene rings is 2. The van der Waals surface area contributed by atoms with Crippen molar-refractivity contribution in [3.63, 3.8) is 0 Å². The number of hydrogen-bond acceptors (Lipinski definition) is 2. The van der Waals surface area contributed by atoms with Crippen molar-refractivity contribution in [2.45, 2.75) is 24.7 Å². The van der Waals surface area contributed by atoms with Gasteiger partial charge in [-0.3, -0.25) is 4.79 Å². The summed E-state index contributed by atoms with van der Waals surface area (Å²) in [5, 5.41) is 2.93. The molecule has 0 aliphatic carbocycles. The van der Waals surface area contributed by atoms with Crippen molar-refractivity contribution in [3.05, 3.63) is 59.7 Å². The lowest BCUT2D eigenvalue weighted by Crippen LogP contribution is -2.11. The Balaban J connectivity index is 2.11. The van der Waals surface area contributed by atoms with E-state index in [9.17, 15) is 4.79 Å². The first kappa shape index (κ1) is 14.7. The first-order chi connectivity index (χ1) is 9.60. The second-order valence-electron chi connectivity index (χ2n) is 4.96. The Morgan fingerprint density at radius 1 is 1.10 bits per heavy atom. The van der Waals surface area contributed by atoms with Crippen LogP contribution in [0, 0.1) is 0 Å². The fourth-order valence-electron chi connectivity index (χ4n) is 1.92. The monoisotopic (exact) mass is 285 g/mol. The van der Waals surface area contributed by atoms with Gasteiger partial charge in [0.1, 0.15) is 0 Å². The van der Waals surface area contributed by atoms with Gasteiger partial charge in [0.15, 0.2) is 0 Å². The second-order valence-corrected chi connectivity index (χ2v) is 5.84. The van der Waals surface area contributed by atoms with E-state index in [0.29, 0.717) is 11.5 Å². The average Bonchev–Trinajstić information content (AvgIpc) is 2.47. The number of carbonyl (C=O) groups is 1. The van der Waals surface area contributed by atoms with Crippen LogP contribution in [0.25, 0.3) is 0 Å². The number of thioether (sulfide) groups is 1. The number of hydrogen-bond donors (Lipinski definition) is 1. The maximum atomic E-state index is 12.2. The maximum Gasteiger partial charge on any atom is 0.255 e. The fourth-order valence-corrected chi connectivity index (χ4v) is 2.38. The summed E-state index contributed by atoms with van der Waals surface area (Å²) in [7, 11) is 0. The minimum absolute atomic E-state index is 0.0708. The first-order valence-corrected chi connectivity index (χ1v) is 7.88. The van der Waals surface area contributed by atoms with E-state index in [1.165, 1.54) is 5.56 Å². The highest BCUT2D eigenvalue weighted by atomic mass is 32.2. The molecule has 0 radical (unpaired) electrons. The smallest absolute Gasteiger partial charge is 0.255 e. The third-order valence-corrected chi connectivity index (χ3v) is 3.89. The van der Waals surface area contributed by atoms with Crippen LogP contribution in [0.3, 0.4) is 0 Å². The molecule has 1 amide bonds. The van der Waals surface area contributed by atoms with E-state index in [1.54, 1.807) is 11.8 Å². The highest BCUT2D eigenvalue weighted by Gasteiger charge is 2.07. The summed E-state index contributed by atoms with van der Waals surface area (Å²) in [5.74, 6) is 0.406. The van der Waals surface area contributed by atoms with Gasteiger partial charge in [-0.15, -0.1) is 11.8 Å². The van der Waals surface area contributed by atoms with Crippen LogP contribution in [0.15, 0.2) is 53.4 Å². The zero-order chi connectivity index (χ0) is 14.5. The SMILES string of the molecule is CSc1cccc(NC(=O)c2ccc(C(C)C)cc2)c1. The molecule has 1 N–H and O–H groups in total. The van der Waals surface area contributed by atoms with Crippen molar-refractivity contribution in [2.75, 3.05) is 11.6 Å². The molecule has 0 aromatic heterocycles. The van der Waals surface area contributed by atoms with Crippen LogP contribution in [-0.2, 0) is 0 Å². The lowest BCUT2D eigenvalue weighted by atomic mass is 10.0. The van der Waals surface area contributed by atoms with E-state index in [4.69, 9.17) is 0 Å². The molecular formula is C17H19NOS. The van der Waals surface area contributed by atoms with Gasteiger partial charge < -0.3 is 5.32 Å². The number of nitrogens with one attached hydrogen (secondary N) is 1. The summed E-state index contributed by atoms with van der Waals surface area (Å²) in [6.07, 6.45) is 2.02. The zero-order valence-electron chi connectivity index (χ0n) is 12.0. The zero-order valence-corrected chi connectivity index (χ0v) is 12.8. The van der Waals surface area contributed by atoms with E-state index in [0.717, 1.165) is 10.6 Å². The van der Waals surface area contributed by atoms with Crippen LogP contribution in [-0.4, -0.2) is 12.2 Å². The predicted molar refractivity (Wildman–Crippen MR) is 86.7 cm³/mol. The van der Waals surface area contributed by atoms with Gasteiger partial charge in [-0.25, -0.2) is 0 Å². The van der Waals surface area contributed by atoms with Crippen LogP contribution >= 0.6 is 11.8 Å². The van der Waals surface area contributed by atoms with E-state index < -0.39 is 0 Å². The molecule has 104 valence electrons. The van der Waals surface area contributed by atoms with Gasteiger partial charge in [-0.05, 0) is 48.1 Å². The molecule has 0 saturated carbocycles. The van der Waals surface area contributed by atoms with Crippen molar-refractivity contribution in [2.24, 2.45) is 0 Å². The Hall–Kier alpha value is -1.74. The third-order valence-electron chi connectivity index (χ3n) is 3.17. The highest BCUT2D eigenvalue weighted by molar-refractivity contribution is 7.98. The largest absolute Gasteiger partial charge is 0.322 e. The van der Waals surface area contributed by atoms with Crippen LogP contribution < -0.4 is 5.32 Å². The molecule has 2 nitrogen and oxygen atoms in total. The lowest BCUT2D eigenvalue weighted by molar-refractivity contribution is 0.102. The minimum Gasteiger partial charge on any atom is -0.322 e. The minimum atomic E-state index is -0.0708. The van der Waals surface area contributed by atoms with Crippen molar-refractivity contribution in [1.29, 1.82) is 0 Å². The van der Waals surface area contributed by atoms with Gasteiger partial charge in [0.25, 0.3) is 5.91 Å². The molecule has 0 saturated heterocycles. The normalized spacial score (nSPS) is 10.6. The Kier molecular flexibility index (Phi) is 4.85. The predicted octanol–water partition coefficient (Wildman–Crippen LogP) is 4.78. The Morgan fingerprint density at radius 2 is 1.80 bits per heavy atom. The van der Waals surface area contributed by atoms with Crippen molar-refractivity contribution < 1.29 is 4.79 Å². The molecule has 0 aliphatic rings. The maximum absolute atomic E-state index is 12.2. The summed E-state index contributed by atoms with van der Waals surface area (Å²) in [6, 6.07) is 15.6. The summed E-state index contributed by atoms with van der Waals surface area (Å²) in [4.78, 5) is 13.3. The molecule has 2 aromatic carbocycles. The first-order valence-electron chi connectivity index (χ1n) is 6.65. The molecule has 20 heavy (non-hydrogen) atoms. The number of amides is 1. The molecule has 0 heterocycles. The van der Waals surface area contributed by atoms with Crippen LogP contribution in [0.1, 0.15) is 35.7 Å². The number of rotatable bonds is 4. The molecule has 0 spiro atoms. The Bertz CT molecular complexity index is 590. The summed E-state index contributed by atoms with van der Waals surface area (Å²) >= 11 is 1.66. The van der Waals surface area contributed by atoms with E-state index in [-0.39, 0.29) is 5.91 Å². The van der Waals surface area contributed by atoms with E-state index in [2.05, 4.69) is 19.2 Å². The number of anilines is 1. The molecule has 0 atom stereocenters. The van der Waals surface area contributed by atoms with Gasteiger partial charge in [0, 0.05) is 16.1 Å². The molecule has 2 rings (SSSR count). The molecule has 0 fully saturated rings. The Morgan fingerprint density at radius 3 is 2.40 bits per heavy atom. The van der Waals surface area contributed by atoms with Gasteiger partial charge in [-0.1, -0.05) is 32.0 Å². The summed E-state index contributed by atoms with van der Waals surface area (Å²) in [5.41, 5.74) is 2.75. The second kappa shape index (κ2) is 6.62. The van der Waals surface area contributed by atoms with Crippen molar-refractivity contribution in [1.82, 2.24) is 0 Å². The van der Waals surface area contributed by atoms with Crippen LogP contribution in [0.5, 0.6) is 0 Å². The molecular weight excluding hydrogens is 266 g/mol. The third kappa shape index (κ3) is 3.64. The van der Waals surface area contributed by atoms with Gasteiger partial charge in [-0.2, -0.15) is 0 Å². The molecule has 3 heteroatoms. The summed E-state index contributed by atoms with van der Waals surface area (Å²) in [6.45, 7) is 4.28. The van der Waals surface area contributed by atoms with Crippen LogP contribution in [0.4, 0.5) is 5.69 Å². The average molecular weight is 285 g/mol. The molecule has 0 aliphatic heterocycles. The van der Waals surface area contributed by atoms with Gasteiger partial charge in [0.05, 0.1) is 0 Å². The molecule has 0 bridgehead atoms. The van der Waals surface area contributed by atoms with Crippen molar-refractivity contribution in [3.8, 4) is 0 Å². The Labute approximate surface area is 124 Å². The lowest BCUT2D eigenvalue weighted by Gasteiger charge is -2.08. The van der Waals surface area contributed by atoms with Crippen molar-refractivity contribution >= 4 is 23.4 Å². The number of carbonyl (C=O) groups excluding carboxylic acids is 1. The van der Waals surface area contributed by atoms with Gasteiger partial charge in [0.2, 0.25) is 0 Å². The quantitative estimate of drug-likeness (QED) is 0.819. The van der Waals surface area contributed by atoms with E-state index >= 15 is 0 Å². The molecule has 0 unspecified atom stereocenters. The highest BCUT2D eigenvalue weighted by Crippen LogP contribution is 2.20. The fraction of sp³-hybridized carbons (Fsp3) is 0.235. The van der Waals surface area contributed by atoms with E-state index in [1.807, 2.05) is 54.8 Å². The topological polar surface area (TPSA) is 29.1 Å². The standard InChI is InChI=1S/C17H19NOS/c1-12(2)13-7-9-14(10-8-13)17(19)18-15-5-4-6-16(11-15)20-3/h4-12H,1-3H3,(H,18,19). The summed E-state index contributed by atoms with van der Waals surface area (Å²) < 4.78 is 0. The molecule has 2 aromatic rings. The van der Waals surface area contributed by atoms with Gasteiger partial charge >= 0.3 is 0 Å².